The molecular weight excluding hydrogens is 534 g/mol. The van der Waals surface area contributed by atoms with Crippen LogP contribution in [0.5, 0.6) is 0 Å². The maximum Gasteiger partial charge on any atom is 0.191 e. The first kappa shape index (κ1) is 25.7. The summed E-state index contributed by atoms with van der Waals surface area (Å²) in [4.78, 5) is 6.76. The minimum absolute atomic E-state index is 0. The summed E-state index contributed by atoms with van der Waals surface area (Å²) in [5.41, 5.74) is 1.08. The van der Waals surface area contributed by atoms with Crippen LogP contribution in [0.3, 0.4) is 0 Å². The Kier molecular flexibility index (Phi) is 12.0. The number of aliphatic imine (C=N–C) groups is 1. The number of sulfone groups is 1. The van der Waals surface area contributed by atoms with E-state index in [-0.39, 0.29) is 35.5 Å². The van der Waals surface area contributed by atoms with Gasteiger partial charge in [-0.05, 0) is 37.5 Å². The number of nitrogens with one attached hydrogen (secondary N) is 2. The van der Waals surface area contributed by atoms with Crippen LogP contribution >= 0.6 is 47.2 Å². The summed E-state index contributed by atoms with van der Waals surface area (Å²) < 4.78 is 22.9. The van der Waals surface area contributed by atoms with Gasteiger partial charge in [0.1, 0.15) is 0 Å². The summed E-state index contributed by atoms with van der Waals surface area (Å²) in [7, 11) is -2.82. The highest BCUT2D eigenvalue weighted by atomic mass is 127. The van der Waals surface area contributed by atoms with Crippen LogP contribution in [-0.2, 0) is 16.3 Å². The first-order valence-electron chi connectivity index (χ1n) is 9.28. The zero-order chi connectivity index (χ0) is 19.7. The van der Waals surface area contributed by atoms with Crippen molar-refractivity contribution in [3.8, 4) is 0 Å². The fourth-order valence-corrected chi connectivity index (χ4v) is 4.61. The van der Waals surface area contributed by atoms with Crippen molar-refractivity contribution in [1.82, 2.24) is 15.5 Å². The third-order valence-corrected chi connectivity index (χ3v) is 6.59. The molecule has 2 N–H and O–H groups in total. The molecule has 2 rings (SSSR count). The van der Waals surface area contributed by atoms with Crippen LogP contribution < -0.4 is 10.6 Å². The number of hydrogen-bond donors (Lipinski definition) is 2. The minimum atomic E-state index is -2.82. The van der Waals surface area contributed by atoms with Crippen LogP contribution in [0.1, 0.15) is 18.9 Å². The quantitative estimate of drug-likeness (QED) is 0.221. The molecular formula is C18H29Cl2IN4O2S. The van der Waals surface area contributed by atoms with Crippen LogP contribution in [0.4, 0.5) is 0 Å². The van der Waals surface area contributed by atoms with E-state index in [0.717, 1.165) is 44.0 Å². The normalized spacial score (nSPS) is 17.0. The molecule has 1 heterocycles. The van der Waals surface area contributed by atoms with Gasteiger partial charge in [-0.2, -0.15) is 0 Å². The Labute approximate surface area is 195 Å². The Hall–Kier alpha value is -0.290. The molecule has 0 bridgehead atoms. The topological polar surface area (TPSA) is 73.8 Å². The molecule has 160 valence electrons. The molecule has 0 radical (unpaired) electrons. The zero-order valence-corrected chi connectivity index (χ0v) is 20.7. The second kappa shape index (κ2) is 13.1. The molecule has 0 saturated carbocycles. The molecule has 0 aromatic heterocycles. The summed E-state index contributed by atoms with van der Waals surface area (Å²) in [6, 6.07) is 5.57. The van der Waals surface area contributed by atoms with Gasteiger partial charge in [0, 0.05) is 49.3 Å². The number of rotatable bonds is 8. The van der Waals surface area contributed by atoms with Gasteiger partial charge in [0.2, 0.25) is 0 Å². The average molecular weight is 563 g/mol. The lowest BCUT2D eigenvalue weighted by Crippen LogP contribution is -2.46. The molecule has 0 atom stereocenters. The van der Waals surface area contributed by atoms with Crippen LogP contribution in [0.15, 0.2) is 23.2 Å². The summed E-state index contributed by atoms with van der Waals surface area (Å²) in [6.07, 6.45) is 1.74. The molecule has 0 amide bonds. The van der Waals surface area contributed by atoms with E-state index in [1.54, 1.807) is 6.07 Å². The van der Waals surface area contributed by atoms with Crippen molar-refractivity contribution in [2.75, 3.05) is 50.8 Å². The Morgan fingerprint density at radius 2 is 1.93 bits per heavy atom. The average Bonchev–Trinajstić information content (AvgIpc) is 2.61. The predicted octanol–water partition coefficient (Wildman–Crippen LogP) is 2.83. The predicted molar refractivity (Wildman–Crippen MR) is 129 cm³/mol. The van der Waals surface area contributed by atoms with E-state index in [1.165, 1.54) is 0 Å². The van der Waals surface area contributed by atoms with Crippen LogP contribution in [0.25, 0.3) is 0 Å². The molecule has 1 aliphatic heterocycles. The van der Waals surface area contributed by atoms with E-state index >= 15 is 0 Å². The minimum Gasteiger partial charge on any atom is -0.357 e. The maximum atomic E-state index is 11.5. The van der Waals surface area contributed by atoms with Gasteiger partial charge in [0.15, 0.2) is 15.8 Å². The van der Waals surface area contributed by atoms with E-state index in [2.05, 4.69) is 20.5 Å². The lowest BCUT2D eigenvalue weighted by atomic mass is 10.1. The van der Waals surface area contributed by atoms with Crippen molar-refractivity contribution in [3.63, 3.8) is 0 Å². The van der Waals surface area contributed by atoms with Crippen molar-refractivity contribution in [3.05, 3.63) is 33.8 Å². The zero-order valence-electron chi connectivity index (χ0n) is 16.1. The molecule has 0 aliphatic carbocycles. The summed E-state index contributed by atoms with van der Waals surface area (Å²) >= 11 is 12.1. The number of benzene rings is 1. The van der Waals surface area contributed by atoms with Gasteiger partial charge in [0.25, 0.3) is 0 Å². The van der Waals surface area contributed by atoms with Gasteiger partial charge in [-0.15, -0.1) is 24.0 Å². The van der Waals surface area contributed by atoms with Gasteiger partial charge in [0.05, 0.1) is 11.5 Å². The van der Waals surface area contributed by atoms with Gasteiger partial charge in [-0.3, -0.25) is 9.89 Å². The molecule has 1 fully saturated rings. The number of aryl methyl sites for hydroxylation is 1. The molecule has 1 aromatic rings. The van der Waals surface area contributed by atoms with E-state index in [0.29, 0.717) is 29.7 Å². The number of halogens is 3. The molecule has 1 aliphatic rings. The van der Waals surface area contributed by atoms with E-state index < -0.39 is 9.84 Å². The molecule has 1 aromatic carbocycles. The van der Waals surface area contributed by atoms with Crippen LogP contribution in [0, 0.1) is 0 Å². The highest BCUT2D eigenvalue weighted by Crippen LogP contribution is 2.21. The molecule has 28 heavy (non-hydrogen) atoms. The van der Waals surface area contributed by atoms with E-state index in [1.807, 2.05) is 19.1 Å². The van der Waals surface area contributed by atoms with Gasteiger partial charge >= 0.3 is 0 Å². The number of hydrogen-bond acceptors (Lipinski definition) is 4. The largest absolute Gasteiger partial charge is 0.357 e. The fraction of sp³-hybridized carbons (Fsp3) is 0.611. The van der Waals surface area contributed by atoms with E-state index in [4.69, 9.17) is 23.2 Å². The first-order chi connectivity index (χ1) is 12.9. The third kappa shape index (κ3) is 9.47. The Morgan fingerprint density at radius 3 is 2.57 bits per heavy atom. The second-order valence-electron chi connectivity index (χ2n) is 6.52. The van der Waals surface area contributed by atoms with Crippen molar-refractivity contribution >= 4 is 63.0 Å². The van der Waals surface area contributed by atoms with Crippen molar-refractivity contribution in [1.29, 1.82) is 0 Å². The SMILES string of the molecule is CCNC(=NCCCc1ccc(Cl)cc1Cl)NCCN1CCS(=O)(=O)CC1.I. The monoisotopic (exact) mass is 562 g/mol. The summed E-state index contributed by atoms with van der Waals surface area (Å²) in [5, 5.41) is 7.88. The summed E-state index contributed by atoms with van der Waals surface area (Å²) in [5.74, 6) is 1.30. The Bertz CT molecular complexity index is 733. The van der Waals surface area contributed by atoms with Crippen molar-refractivity contribution in [2.45, 2.75) is 19.8 Å². The first-order valence-corrected chi connectivity index (χ1v) is 11.9. The van der Waals surface area contributed by atoms with Crippen molar-refractivity contribution < 1.29 is 8.42 Å². The second-order valence-corrected chi connectivity index (χ2v) is 9.67. The Morgan fingerprint density at radius 1 is 1.21 bits per heavy atom. The maximum absolute atomic E-state index is 11.5. The van der Waals surface area contributed by atoms with E-state index in [9.17, 15) is 8.42 Å². The van der Waals surface area contributed by atoms with Gasteiger partial charge in [-0.25, -0.2) is 8.42 Å². The standard InChI is InChI=1S/C18H28Cl2N4O2S.HI/c1-2-21-18(23-8-9-24-10-12-27(25,26)13-11-24)22-7-3-4-15-5-6-16(19)14-17(15)20;/h5-6,14H,2-4,7-13H2,1H3,(H2,21,22,23);1H. The molecule has 0 unspecified atom stereocenters. The molecule has 0 spiro atoms. The lowest BCUT2D eigenvalue weighted by Gasteiger charge is -2.26. The number of nitrogens with zero attached hydrogens (tertiary/aromatic N) is 2. The highest BCUT2D eigenvalue weighted by molar-refractivity contribution is 14.0. The molecule has 1 saturated heterocycles. The van der Waals surface area contributed by atoms with Crippen molar-refractivity contribution in [2.24, 2.45) is 4.99 Å². The number of guanidine groups is 1. The highest BCUT2D eigenvalue weighted by Gasteiger charge is 2.20. The third-order valence-electron chi connectivity index (χ3n) is 4.39. The lowest BCUT2D eigenvalue weighted by molar-refractivity contribution is 0.299. The molecule has 6 nitrogen and oxygen atoms in total. The summed E-state index contributed by atoms with van der Waals surface area (Å²) in [6.45, 7) is 6.27. The fourth-order valence-electron chi connectivity index (χ4n) is 2.83. The van der Waals surface area contributed by atoms with Crippen LogP contribution in [-0.4, -0.2) is 70.1 Å². The van der Waals surface area contributed by atoms with Crippen LogP contribution in [0.2, 0.25) is 10.0 Å². The Balaban J connectivity index is 0.00000392. The molecule has 10 heteroatoms. The van der Waals surface area contributed by atoms with Gasteiger partial charge < -0.3 is 10.6 Å². The smallest absolute Gasteiger partial charge is 0.191 e. The van der Waals surface area contributed by atoms with Gasteiger partial charge in [-0.1, -0.05) is 29.3 Å².